The van der Waals surface area contributed by atoms with E-state index in [0.29, 0.717) is 26.1 Å². The highest BCUT2D eigenvalue weighted by atomic mass is 16.7. The summed E-state index contributed by atoms with van der Waals surface area (Å²) >= 11 is 0. The van der Waals surface area contributed by atoms with E-state index in [9.17, 15) is 9.59 Å². The Kier molecular flexibility index (Phi) is 7.45. The maximum atomic E-state index is 12.8. The molecule has 2 unspecified atom stereocenters. The van der Waals surface area contributed by atoms with Crippen molar-refractivity contribution < 1.29 is 23.8 Å². The van der Waals surface area contributed by atoms with Crippen LogP contribution in [0.4, 0.5) is 4.79 Å². The van der Waals surface area contributed by atoms with Crippen molar-refractivity contribution in [2.75, 3.05) is 13.2 Å². The summed E-state index contributed by atoms with van der Waals surface area (Å²) in [5.74, 6) is 0.153. The number of ketones is 1. The summed E-state index contributed by atoms with van der Waals surface area (Å²) in [6.45, 7) is 5.12. The lowest BCUT2D eigenvalue weighted by Gasteiger charge is -2.37. The number of carbonyl (C=O) groups is 2. The van der Waals surface area contributed by atoms with E-state index in [1.54, 1.807) is 0 Å². The minimum Gasteiger partial charge on any atom is -0.445 e. The van der Waals surface area contributed by atoms with Crippen molar-refractivity contribution in [3.63, 3.8) is 0 Å². The Labute approximate surface area is 167 Å². The molecule has 2 atom stereocenters. The Balaban J connectivity index is 1.53. The highest BCUT2D eigenvalue weighted by molar-refractivity contribution is 5.82. The number of hydrogen-bond donors (Lipinski definition) is 0. The Morgan fingerprint density at radius 3 is 2.21 bits per heavy atom. The van der Waals surface area contributed by atoms with Crippen LogP contribution in [0.5, 0.6) is 0 Å². The molecule has 6 nitrogen and oxygen atoms in total. The van der Waals surface area contributed by atoms with Crippen molar-refractivity contribution in [3.8, 4) is 0 Å². The van der Waals surface area contributed by atoms with Gasteiger partial charge in [-0.1, -0.05) is 30.3 Å². The zero-order chi connectivity index (χ0) is 19.9. The van der Waals surface area contributed by atoms with Gasteiger partial charge < -0.3 is 19.1 Å². The number of nitrogens with zero attached hydrogens (tertiary/aromatic N) is 1. The van der Waals surface area contributed by atoms with Gasteiger partial charge in [-0.2, -0.15) is 0 Å². The summed E-state index contributed by atoms with van der Waals surface area (Å²) in [6.07, 6.45) is 2.86. The Morgan fingerprint density at radius 2 is 1.64 bits per heavy atom. The van der Waals surface area contributed by atoms with Crippen LogP contribution in [0.25, 0.3) is 0 Å². The average molecular weight is 389 g/mol. The van der Waals surface area contributed by atoms with E-state index in [1.807, 2.05) is 49.1 Å². The second-order valence-corrected chi connectivity index (χ2v) is 7.51. The number of carbonyl (C=O) groups excluding carboxylic acids is 2. The van der Waals surface area contributed by atoms with Crippen LogP contribution < -0.4 is 0 Å². The van der Waals surface area contributed by atoms with Gasteiger partial charge in [0.1, 0.15) is 12.4 Å². The molecule has 2 heterocycles. The topological polar surface area (TPSA) is 65.1 Å². The van der Waals surface area contributed by atoms with Crippen molar-refractivity contribution in [2.45, 2.75) is 70.9 Å². The summed E-state index contributed by atoms with van der Waals surface area (Å²) in [4.78, 5) is 27.3. The van der Waals surface area contributed by atoms with Crippen LogP contribution in [-0.2, 0) is 25.6 Å². The smallest absolute Gasteiger partial charge is 0.410 e. The molecule has 1 amide bonds. The Bertz CT molecular complexity index is 630. The van der Waals surface area contributed by atoms with Crippen LogP contribution in [0.15, 0.2) is 30.3 Å². The molecule has 2 aliphatic heterocycles. The molecule has 0 saturated carbocycles. The van der Waals surface area contributed by atoms with Crippen LogP contribution in [0, 0.1) is 5.92 Å². The van der Waals surface area contributed by atoms with Crippen LogP contribution in [0.2, 0.25) is 0 Å². The summed E-state index contributed by atoms with van der Waals surface area (Å²) < 4.78 is 16.6. The Morgan fingerprint density at radius 1 is 1.04 bits per heavy atom. The standard InChI is InChI=1S/C22H31NO5/c1-3-26-21(27-4-2)14-20(24)17-12-18-10-11-19(13-17)23(18)22(25)28-15-16-8-6-5-7-9-16/h5-9,17-19,21H,3-4,10-15H2,1-2H3. The molecule has 6 heteroatoms. The molecule has 1 aromatic carbocycles. The highest BCUT2D eigenvalue weighted by Gasteiger charge is 2.45. The first-order valence-corrected chi connectivity index (χ1v) is 10.4. The van der Waals surface area contributed by atoms with Crippen molar-refractivity contribution >= 4 is 11.9 Å². The van der Waals surface area contributed by atoms with Gasteiger partial charge in [0.05, 0.1) is 6.42 Å². The zero-order valence-corrected chi connectivity index (χ0v) is 16.8. The predicted molar refractivity (Wildman–Crippen MR) is 105 cm³/mol. The monoisotopic (exact) mass is 389 g/mol. The lowest BCUT2D eigenvalue weighted by molar-refractivity contribution is -0.155. The number of amides is 1. The number of Topliss-reactive ketones (excluding diaryl/α,β-unsaturated/α-hetero) is 1. The Hall–Kier alpha value is -1.92. The molecular weight excluding hydrogens is 358 g/mol. The van der Waals surface area contributed by atoms with Gasteiger partial charge in [-0.05, 0) is 45.1 Å². The second kappa shape index (κ2) is 10.0. The maximum absolute atomic E-state index is 12.8. The fourth-order valence-electron chi connectivity index (χ4n) is 4.40. The van der Waals surface area contributed by atoms with Gasteiger partial charge in [0.15, 0.2) is 6.29 Å². The number of ether oxygens (including phenoxy) is 3. The molecule has 0 radical (unpaired) electrons. The van der Waals surface area contributed by atoms with E-state index in [2.05, 4.69) is 0 Å². The van der Waals surface area contributed by atoms with Crippen LogP contribution in [0.1, 0.15) is 51.5 Å². The average Bonchev–Trinajstić information content (AvgIpc) is 2.96. The van der Waals surface area contributed by atoms with Crippen molar-refractivity contribution in [2.24, 2.45) is 5.92 Å². The number of fused-ring (bicyclic) bond motifs is 2. The quantitative estimate of drug-likeness (QED) is 0.599. The summed E-state index contributed by atoms with van der Waals surface area (Å²) in [7, 11) is 0. The fraction of sp³-hybridized carbons (Fsp3) is 0.636. The maximum Gasteiger partial charge on any atom is 0.410 e. The van der Waals surface area contributed by atoms with Gasteiger partial charge >= 0.3 is 6.09 Å². The molecule has 0 aliphatic carbocycles. The first kappa shape index (κ1) is 20.8. The molecule has 1 aromatic rings. The molecule has 2 bridgehead atoms. The van der Waals surface area contributed by atoms with Gasteiger partial charge in [-0.15, -0.1) is 0 Å². The summed E-state index contributed by atoms with van der Waals surface area (Å²) in [5.41, 5.74) is 0.978. The third kappa shape index (κ3) is 5.11. The zero-order valence-electron chi connectivity index (χ0n) is 16.8. The van der Waals surface area contributed by atoms with E-state index >= 15 is 0 Å². The summed E-state index contributed by atoms with van der Waals surface area (Å²) in [6, 6.07) is 9.88. The first-order valence-electron chi connectivity index (χ1n) is 10.4. The number of piperidine rings is 1. The molecule has 0 spiro atoms. The van der Waals surface area contributed by atoms with Crippen LogP contribution >= 0.6 is 0 Å². The molecule has 2 fully saturated rings. The van der Waals surface area contributed by atoms with E-state index in [0.717, 1.165) is 18.4 Å². The van der Waals surface area contributed by atoms with Gasteiger partial charge in [0, 0.05) is 31.2 Å². The van der Waals surface area contributed by atoms with E-state index < -0.39 is 6.29 Å². The normalized spacial score (nSPS) is 23.8. The minimum absolute atomic E-state index is 0.0286. The van der Waals surface area contributed by atoms with Crippen molar-refractivity contribution in [1.29, 1.82) is 0 Å². The number of rotatable bonds is 9. The van der Waals surface area contributed by atoms with Crippen LogP contribution in [-0.4, -0.2) is 48.4 Å². The summed E-state index contributed by atoms with van der Waals surface area (Å²) in [5, 5.41) is 0. The van der Waals surface area contributed by atoms with E-state index in [-0.39, 0.29) is 42.9 Å². The third-order valence-corrected chi connectivity index (χ3v) is 5.68. The van der Waals surface area contributed by atoms with Gasteiger partial charge in [0.2, 0.25) is 0 Å². The minimum atomic E-state index is -0.464. The molecule has 28 heavy (non-hydrogen) atoms. The SMILES string of the molecule is CCOC(CC(=O)C1CC2CCC(C1)N2C(=O)OCc1ccccc1)OCC. The second-order valence-electron chi connectivity index (χ2n) is 7.51. The number of benzene rings is 1. The molecule has 2 saturated heterocycles. The van der Waals surface area contributed by atoms with Gasteiger partial charge in [-0.3, -0.25) is 4.79 Å². The van der Waals surface area contributed by atoms with Crippen molar-refractivity contribution in [3.05, 3.63) is 35.9 Å². The number of hydrogen-bond acceptors (Lipinski definition) is 5. The molecule has 154 valence electrons. The molecule has 0 aromatic heterocycles. The third-order valence-electron chi connectivity index (χ3n) is 5.68. The largest absolute Gasteiger partial charge is 0.445 e. The van der Waals surface area contributed by atoms with Gasteiger partial charge in [0.25, 0.3) is 0 Å². The predicted octanol–water partition coefficient (Wildman–Crippen LogP) is 3.92. The highest BCUT2D eigenvalue weighted by Crippen LogP contribution is 2.40. The molecular formula is C22H31NO5. The fourth-order valence-corrected chi connectivity index (χ4v) is 4.40. The molecule has 2 aliphatic rings. The molecule has 0 N–H and O–H groups in total. The van der Waals surface area contributed by atoms with Crippen molar-refractivity contribution in [1.82, 2.24) is 4.90 Å². The lowest BCUT2D eigenvalue weighted by atomic mass is 9.86. The lowest BCUT2D eigenvalue weighted by Crippen LogP contribution is -2.48. The van der Waals surface area contributed by atoms with Gasteiger partial charge in [-0.25, -0.2) is 4.79 Å². The van der Waals surface area contributed by atoms with E-state index in [4.69, 9.17) is 14.2 Å². The van der Waals surface area contributed by atoms with E-state index in [1.165, 1.54) is 0 Å². The molecule has 3 rings (SSSR count). The van der Waals surface area contributed by atoms with Crippen LogP contribution in [0.3, 0.4) is 0 Å². The first-order chi connectivity index (χ1) is 13.6.